The van der Waals surface area contributed by atoms with E-state index in [0.29, 0.717) is 26.0 Å². The Bertz CT molecular complexity index is 1210. The van der Waals surface area contributed by atoms with Crippen molar-refractivity contribution in [1.29, 1.82) is 0 Å². The maximum absolute atomic E-state index is 14.8. The first-order chi connectivity index (χ1) is 20.7. The van der Waals surface area contributed by atoms with Crippen molar-refractivity contribution in [2.45, 2.75) is 115 Å². The maximum atomic E-state index is 14.8. The number of nitrogens with one attached hydrogen (secondary N) is 1. The molecule has 1 aromatic rings. The van der Waals surface area contributed by atoms with Crippen LogP contribution in [0.1, 0.15) is 91.5 Å². The van der Waals surface area contributed by atoms with Crippen LogP contribution in [0.4, 0.5) is 9.18 Å². The van der Waals surface area contributed by atoms with E-state index in [1.54, 1.807) is 31.7 Å². The molecule has 2 aliphatic heterocycles. The van der Waals surface area contributed by atoms with Gasteiger partial charge in [0.1, 0.15) is 17.8 Å². The molecule has 11 heteroatoms. The second-order valence-electron chi connectivity index (χ2n) is 13.9. The molecule has 1 spiro atoms. The first kappa shape index (κ1) is 33.7. The highest BCUT2D eigenvalue weighted by molar-refractivity contribution is 5.82. The van der Waals surface area contributed by atoms with Gasteiger partial charge in [0.25, 0.3) is 0 Å². The normalized spacial score (nSPS) is 26.4. The van der Waals surface area contributed by atoms with E-state index in [0.717, 1.165) is 43.6 Å². The number of carbonyl (C=O) groups excluding carboxylic acids is 3. The van der Waals surface area contributed by atoms with Crippen LogP contribution >= 0.6 is 0 Å². The Morgan fingerprint density at radius 3 is 2.45 bits per heavy atom. The molecule has 3 fully saturated rings. The number of piperidine rings is 1. The third kappa shape index (κ3) is 8.94. The second kappa shape index (κ2) is 13.9. The molecule has 2 amide bonds. The molecule has 1 aliphatic carbocycles. The van der Waals surface area contributed by atoms with E-state index in [2.05, 4.69) is 5.32 Å². The van der Waals surface area contributed by atoms with Crippen LogP contribution < -0.4 is 10.1 Å². The number of morpholine rings is 1. The van der Waals surface area contributed by atoms with E-state index >= 15 is 0 Å². The van der Waals surface area contributed by atoms with Gasteiger partial charge in [-0.2, -0.15) is 0 Å². The van der Waals surface area contributed by atoms with Gasteiger partial charge in [0.05, 0.1) is 43.2 Å². The fourth-order valence-corrected chi connectivity index (χ4v) is 6.20. The first-order valence-corrected chi connectivity index (χ1v) is 15.5. The number of hydrogen-bond acceptors (Lipinski definition) is 8. The van der Waals surface area contributed by atoms with Gasteiger partial charge >= 0.3 is 12.1 Å². The lowest BCUT2D eigenvalue weighted by molar-refractivity contribution is -0.148. The Morgan fingerprint density at radius 1 is 1.09 bits per heavy atom. The molecule has 3 aliphatic rings. The van der Waals surface area contributed by atoms with Crippen molar-refractivity contribution in [2.75, 3.05) is 26.4 Å². The van der Waals surface area contributed by atoms with E-state index in [-0.39, 0.29) is 36.9 Å². The van der Waals surface area contributed by atoms with Crippen molar-refractivity contribution in [1.82, 2.24) is 10.2 Å². The van der Waals surface area contributed by atoms with Gasteiger partial charge in [-0.15, -0.1) is 0 Å². The number of benzene rings is 1. The quantitative estimate of drug-likeness (QED) is 0.246. The smallest absolute Gasteiger partial charge is 0.410 e. The summed E-state index contributed by atoms with van der Waals surface area (Å²) in [5.74, 6) is -1.14. The van der Waals surface area contributed by atoms with Crippen molar-refractivity contribution < 1.29 is 42.5 Å². The predicted octanol–water partition coefficient (Wildman–Crippen LogP) is 5.39. The Kier molecular flexibility index (Phi) is 10.6. The fraction of sp³-hybridized carbons (Fsp3) is 0.667. The van der Waals surface area contributed by atoms with Gasteiger partial charge in [0, 0.05) is 12.1 Å². The molecule has 1 saturated carbocycles. The van der Waals surface area contributed by atoms with E-state index in [1.165, 1.54) is 6.07 Å². The standard InChI is InChI=1S/C33H47FN2O8/c1-31(2,3)43-28(38)15-18-41-29-24(9-7-10-25(29)34)22-11-13-23(14-12-22)42-19-26-33(21-40-20-27(37)35-33)16-8-17-36(26)30(39)44-32(4,5)6/h7,9-10,15,18,22-23,26H,8,11-14,16-17,19-21H2,1-6H3,(H,35,37)/b18-15+/t22?,23?,26-,33+/m0/s1. The number of esters is 1. The third-order valence-corrected chi connectivity index (χ3v) is 8.04. The SMILES string of the molecule is CC(C)(C)OC(=O)/C=C/Oc1c(F)cccc1C1CCC(OC[C@@H]2N(C(=O)OC(C)(C)C)CCC[C@@]23COCC(=O)N3)CC1. The summed E-state index contributed by atoms with van der Waals surface area (Å²) < 4.78 is 43.5. The van der Waals surface area contributed by atoms with E-state index in [1.807, 2.05) is 26.8 Å². The molecule has 4 rings (SSSR count). The lowest BCUT2D eigenvalue weighted by Crippen LogP contribution is -2.72. The zero-order valence-corrected chi connectivity index (χ0v) is 26.8. The largest absolute Gasteiger partial charge is 0.461 e. The number of nitrogens with zero attached hydrogens (tertiary/aromatic N) is 1. The monoisotopic (exact) mass is 618 g/mol. The molecule has 2 atom stereocenters. The van der Waals surface area contributed by atoms with Gasteiger partial charge in [0.2, 0.25) is 5.91 Å². The molecule has 0 radical (unpaired) electrons. The Balaban J connectivity index is 1.40. The third-order valence-electron chi connectivity index (χ3n) is 8.04. The summed E-state index contributed by atoms with van der Waals surface area (Å²) in [6, 6.07) is 4.39. The van der Waals surface area contributed by atoms with Gasteiger partial charge in [-0.25, -0.2) is 14.0 Å². The highest BCUT2D eigenvalue weighted by atomic mass is 19.1. The minimum atomic E-state index is -0.748. The first-order valence-electron chi connectivity index (χ1n) is 15.5. The number of hydrogen-bond donors (Lipinski definition) is 1. The van der Waals surface area contributed by atoms with Crippen LogP contribution in [0.5, 0.6) is 5.75 Å². The molecule has 1 N–H and O–H groups in total. The molecular weight excluding hydrogens is 571 g/mol. The maximum Gasteiger partial charge on any atom is 0.410 e. The molecule has 44 heavy (non-hydrogen) atoms. The Labute approximate surface area is 259 Å². The summed E-state index contributed by atoms with van der Waals surface area (Å²) >= 11 is 0. The molecule has 2 saturated heterocycles. The fourth-order valence-electron chi connectivity index (χ4n) is 6.20. The number of halogens is 1. The van der Waals surface area contributed by atoms with E-state index in [9.17, 15) is 18.8 Å². The topological polar surface area (TPSA) is 113 Å². The number of likely N-dealkylation sites (tertiary alicyclic amines) is 1. The van der Waals surface area contributed by atoms with Gasteiger partial charge in [-0.3, -0.25) is 4.79 Å². The van der Waals surface area contributed by atoms with Gasteiger partial charge < -0.3 is 33.9 Å². The highest BCUT2D eigenvalue weighted by Gasteiger charge is 2.50. The predicted molar refractivity (Wildman–Crippen MR) is 161 cm³/mol. The number of rotatable bonds is 7. The van der Waals surface area contributed by atoms with Gasteiger partial charge in [-0.1, -0.05) is 12.1 Å². The Hall–Kier alpha value is -3.18. The number of ether oxygens (including phenoxy) is 5. The van der Waals surface area contributed by atoms with E-state index in [4.69, 9.17) is 23.7 Å². The molecule has 0 unspecified atom stereocenters. The molecular formula is C33H47FN2O8. The molecule has 1 aromatic carbocycles. The van der Waals surface area contributed by atoms with Crippen LogP contribution in [0.3, 0.4) is 0 Å². The summed E-state index contributed by atoms with van der Waals surface area (Å²) in [6.45, 7) is 11.8. The number of amides is 2. The summed E-state index contributed by atoms with van der Waals surface area (Å²) in [7, 11) is 0. The van der Waals surface area contributed by atoms with Crippen LogP contribution in [-0.4, -0.2) is 78.1 Å². The van der Waals surface area contributed by atoms with Crippen LogP contribution in [0.25, 0.3) is 0 Å². The second-order valence-corrected chi connectivity index (χ2v) is 13.9. The van der Waals surface area contributed by atoms with Crippen molar-refractivity contribution in [2.24, 2.45) is 0 Å². The van der Waals surface area contributed by atoms with Crippen molar-refractivity contribution >= 4 is 18.0 Å². The highest BCUT2D eigenvalue weighted by Crippen LogP contribution is 2.40. The summed E-state index contributed by atoms with van der Waals surface area (Å²) in [6.07, 6.45) is 6.10. The minimum absolute atomic E-state index is 0.00560. The zero-order valence-electron chi connectivity index (χ0n) is 26.8. The van der Waals surface area contributed by atoms with Gasteiger partial charge in [-0.05, 0) is 92.1 Å². The van der Waals surface area contributed by atoms with Crippen molar-refractivity contribution in [3.8, 4) is 5.75 Å². The minimum Gasteiger partial charge on any atom is -0.461 e. The van der Waals surface area contributed by atoms with Crippen molar-refractivity contribution in [3.63, 3.8) is 0 Å². The van der Waals surface area contributed by atoms with Crippen molar-refractivity contribution in [3.05, 3.63) is 41.9 Å². The molecule has 244 valence electrons. The molecule has 10 nitrogen and oxygen atoms in total. The molecule has 0 bridgehead atoms. The summed E-state index contributed by atoms with van der Waals surface area (Å²) in [5.41, 5.74) is -1.32. The lowest BCUT2D eigenvalue weighted by Gasteiger charge is -2.51. The zero-order chi connectivity index (χ0) is 32.1. The number of para-hydroxylation sites is 1. The number of carbonyl (C=O) groups is 3. The average Bonchev–Trinajstić information content (AvgIpc) is 2.91. The lowest BCUT2D eigenvalue weighted by atomic mass is 9.80. The summed E-state index contributed by atoms with van der Waals surface area (Å²) in [5, 5.41) is 3.11. The summed E-state index contributed by atoms with van der Waals surface area (Å²) in [4.78, 5) is 39.3. The van der Waals surface area contributed by atoms with E-state index < -0.39 is 40.7 Å². The van der Waals surface area contributed by atoms with Gasteiger partial charge in [0.15, 0.2) is 11.6 Å². The van der Waals surface area contributed by atoms with Crippen LogP contribution in [0.15, 0.2) is 30.5 Å². The van der Waals surface area contributed by atoms with Crippen LogP contribution in [0, 0.1) is 5.82 Å². The molecule has 2 heterocycles. The molecule has 0 aromatic heterocycles. The Morgan fingerprint density at radius 2 is 1.80 bits per heavy atom. The van der Waals surface area contributed by atoms with Crippen LogP contribution in [-0.2, 0) is 28.5 Å². The average molecular weight is 619 g/mol. The van der Waals surface area contributed by atoms with Crippen LogP contribution in [0.2, 0.25) is 0 Å².